The average Bonchev–Trinajstić information content (AvgIpc) is 3.03. The second kappa shape index (κ2) is 14.3. The predicted octanol–water partition coefficient (Wildman–Crippen LogP) is 5.41. The molecule has 8 nitrogen and oxygen atoms in total. The Morgan fingerprint density at radius 1 is 0.886 bits per heavy atom. The summed E-state index contributed by atoms with van der Waals surface area (Å²) < 4.78 is 6.12. The van der Waals surface area contributed by atoms with Gasteiger partial charge in [-0.25, -0.2) is 0 Å². The Morgan fingerprint density at radius 3 is 2.36 bits per heavy atom. The van der Waals surface area contributed by atoms with E-state index in [0.717, 1.165) is 21.9 Å². The van der Waals surface area contributed by atoms with Crippen LogP contribution in [0.2, 0.25) is 5.02 Å². The van der Waals surface area contributed by atoms with Crippen LogP contribution in [0.5, 0.6) is 5.75 Å². The maximum absolute atomic E-state index is 14.1. The van der Waals surface area contributed by atoms with Crippen LogP contribution < -0.4 is 16.2 Å². The summed E-state index contributed by atoms with van der Waals surface area (Å²) in [5.41, 5.74) is 13.5. The molecule has 4 N–H and O–H groups in total. The fraction of sp³-hybridized carbons (Fsp3) is 0.286. The van der Waals surface area contributed by atoms with Gasteiger partial charge in [0.15, 0.2) is 5.96 Å². The van der Waals surface area contributed by atoms with Crippen molar-refractivity contribution in [1.82, 2.24) is 9.80 Å². The summed E-state index contributed by atoms with van der Waals surface area (Å²) in [6, 6.07) is 28.6. The molecule has 44 heavy (non-hydrogen) atoms. The third kappa shape index (κ3) is 7.68. The van der Waals surface area contributed by atoms with Crippen LogP contribution in [-0.4, -0.2) is 59.3 Å². The zero-order valence-electron chi connectivity index (χ0n) is 24.9. The molecule has 0 saturated carbocycles. The summed E-state index contributed by atoms with van der Waals surface area (Å²) in [5, 5.41) is 2.90. The maximum atomic E-state index is 14.1. The highest BCUT2D eigenvalue weighted by Crippen LogP contribution is 2.27. The molecule has 9 heteroatoms. The molecule has 0 spiro atoms. The molecule has 4 aromatic carbocycles. The number of benzene rings is 4. The van der Waals surface area contributed by atoms with E-state index in [9.17, 15) is 9.59 Å². The number of rotatable bonds is 10. The number of guanidine groups is 1. The third-order valence-corrected chi connectivity index (χ3v) is 8.26. The summed E-state index contributed by atoms with van der Waals surface area (Å²) >= 11 is 6.02. The summed E-state index contributed by atoms with van der Waals surface area (Å²) in [6.45, 7) is 3.58. The van der Waals surface area contributed by atoms with Gasteiger partial charge in [-0.1, -0.05) is 78.3 Å². The lowest BCUT2D eigenvalue weighted by atomic mass is 9.99. The SMILES string of the molecule is CC1CN(C(=O)c2ccccc2OCc2ccc(Cl)cc2)C(CCCN=C(N)N)CN1C(=O)Cc1ccc2ccccc2c1. The van der Waals surface area contributed by atoms with E-state index in [0.29, 0.717) is 61.8 Å². The van der Waals surface area contributed by atoms with Gasteiger partial charge in [0, 0.05) is 36.7 Å². The van der Waals surface area contributed by atoms with E-state index < -0.39 is 0 Å². The summed E-state index contributed by atoms with van der Waals surface area (Å²) in [6.07, 6.45) is 1.61. The Labute approximate surface area is 263 Å². The number of fused-ring (bicyclic) bond motifs is 1. The fourth-order valence-corrected chi connectivity index (χ4v) is 5.83. The average molecular weight is 612 g/mol. The van der Waals surface area contributed by atoms with Gasteiger partial charge in [0.2, 0.25) is 5.91 Å². The summed E-state index contributed by atoms with van der Waals surface area (Å²) in [7, 11) is 0. The van der Waals surface area contributed by atoms with Crippen molar-refractivity contribution in [3.63, 3.8) is 0 Å². The molecule has 5 rings (SSSR count). The first kappa shape index (κ1) is 30.9. The minimum Gasteiger partial charge on any atom is -0.488 e. The first-order valence-electron chi connectivity index (χ1n) is 14.9. The number of nitrogens with zero attached hydrogens (tertiary/aromatic N) is 3. The highest BCUT2D eigenvalue weighted by Gasteiger charge is 2.37. The standard InChI is InChI=1S/C35H38ClN5O3/c1-24-21-41(34(43)31-10-4-5-11-32(31)44-23-25-13-16-29(36)17-14-25)30(9-6-18-39-35(37)38)22-40(24)33(42)20-26-12-15-27-7-2-3-8-28(27)19-26/h2-5,7-8,10-17,19,24,30H,6,9,18,20-23H2,1H3,(H4,37,38,39). The van der Waals surface area contributed by atoms with Gasteiger partial charge in [0.25, 0.3) is 5.91 Å². The molecular weight excluding hydrogens is 574 g/mol. The van der Waals surface area contributed by atoms with Gasteiger partial charge in [-0.2, -0.15) is 0 Å². The minimum atomic E-state index is -0.210. The molecule has 0 bridgehead atoms. The van der Waals surface area contributed by atoms with E-state index >= 15 is 0 Å². The molecule has 1 heterocycles. The zero-order chi connectivity index (χ0) is 31.1. The van der Waals surface area contributed by atoms with E-state index in [1.54, 1.807) is 6.07 Å². The number of hydrogen-bond donors (Lipinski definition) is 2. The lowest BCUT2D eigenvalue weighted by Gasteiger charge is -2.45. The van der Waals surface area contributed by atoms with Crippen molar-refractivity contribution in [2.45, 2.75) is 44.9 Å². The quantitative estimate of drug-likeness (QED) is 0.141. The molecule has 1 aliphatic heterocycles. The molecule has 0 radical (unpaired) electrons. The first-order valence-corrected chi connectivity index (χ1v) is 15.3. The van der Waals surface area contributed by atoms with E-state index in [1.807, 2.05) is 77.4 Å². The summed E-state index contributed by atoms with van der Waals surface area (Å²) in [4.78, 5) is 35.7. The molecular formula is C35H38ClN5O3. The van der Waals surface area contributed by atoms with Crippen molar-refractivity contribution in [2.75, 3.05) is 19.6 Å². The molecule has 2 atom stereocenters. The Morgan fingerprint density at radius 2 is 1.59 bits per heavy atom. The van der Waals surface area contributed by atoms with Gasteiger partial charge in [-0.3, -0.25) is 14.6 Å². The van der Waals surface area contributed by atoms with Gasteiger partial charge >= 0.3 is 0 Å². The Bertz CT molecular complexity index is 1640. The van der Waals surface area contributed by atoms with Crippen molar-refractivity contribution < 1.29 is 14.3 Å². The number of para-hydroxylation sites is 1. The van der Waals surface area contributed by atoms with E-state index in [1.165, 1.54) is 0 Å². The number of carbonyl (C=O) groups excluding carboxylic acids is 2. The number of carbonyl (C=O) groups is 2. The van der Waals surface area contributed by atoms with Crippen molar-refractivity contribution in [3.05, 3.63) is 113 Å². The largest absolute Gasteiger partial charge is 0.488 e. The molecule has 4 aromatic rings. The van der Waals surface area contributed by atoms with Crippen molar-refractivity contribution in [1.29, 1.82) is 0 Å². The molecule has 0 aromatic heterocycles. The smallest absolute Gasteiger partial charge is 0.258 e. The molecule has 1 aliphatic rings. The van der Waals surface area contributed by atoms with E-state index in [2.05, 4.69) is 29.3 Å². The van der Waals surface area contributed by atoms with Gasteiger partial charge < -0.3 is 26.0 Å². The fourth-order valence-electron chi connectivity index (χ4n) is 5.71. The molecule has 0 aliphatic carbocycles. The number of amides is 2. The third-order valence-electron chi connectivity index (χ3n) is 8.01. The van der Waals surface area contributed by atoms with Crippen LogP contribution in [0.15, 0.2) is 96.0 Å². The van der Waals surface area contributed by atoms with Crippen LogP contribution in [0.4, 0.5) is 0 Å². The minimum absolute atomic E-state index is 0.0363. The molecule has 228 valence electrons. The van der Waals surface area contributed by atoms with Crippen LogP contribution in [0, 0.1) is 0 Å². The van der Waals surface area contributed by atoms with E-state index in [-0.39, 0.29) is 29.9 Å². The number of piperazine rings is 1. The van der Waals surface area contributed by atoms with Gasteiger partial charge in [0.05, 0.1) is 12.0 Å². The number of ether oxygens (including phenoxy) is 1. The number of nitrogens with two attached hydrogens (primary N) is 2. The Kier molecular flexibility index (Phi) is 10.0. The second-order valence-corrected chi connectivity index (χ2v) is 11.7. The summed E-state index contributed by atoms with van der Waals surface area (Å²) in [5.74, 6) is 0.459. The van der Waals surface area contributed by atoms with Crippen LogP contribution in [0.25, 0.3) is 10.8 Å². The predicted molar refractivity (Wildman–Crippen MR) is 176 cm³/mol. The Hall–Kier alpha value is -4.56. The van der Waals surface area contributed by atoms with Crippen LogP contribution in [-0.2, 0) is 17.8 Å². The van der Waals surface area contributed by atoms with Gasteiger partial charge in [-0.05, 0) is 65.9 Å². The lowest BCUT2D eigenvalue weighted by molar-refractivity contribution is -0.136. The molecule has 1 fully saturated rings. The molecule has 1 saturated heterocycles. The number of aliphatic imine (C=N–C) groups is 1. The normalized spacial score (nSPS) is 16.5. The highest BCUT2D eigenvalue weighted by molar-refractivity contribution is 6.30. The van der Waals surface area contributed by atoms with Crippen molar-refractivity contribution in [2.24, 2.45) is 16.5 Å². The van der Waals surface area contributed by atoms with Crippen LogP contribution in [0.1, 0.15) is 41.3 Å². The number of halogens is 1. The zero-order valence-corrected chi connectivity index (χ0v) is 25.6. The monoisotopic (exact) mass is 611 g/mol. The Balaban J connectivity index is 1.33. The number of hydrogen-bond acceptors (Lipinski definition) is 4. The maximum Gasteiger partial charge on any atom is 0.258 e. The van der Waals surface area contributed by atoms with Gasteiger partial charge in [-0.15, -0.1) is 0 Å². The highest BCUT2D eigenvalue weighted by atomic mass is 35.5. The lowest BCUT2D eigenvalue weighted by Crippen LogP contribution is -2.60. The first-order chi connectivity index (χ1) is 21.3. The van der Waals surface area contributed by atoms with Crippen molar-refractivity contribution >= 4 is 40.1 Å². The van der Waals surface area contributed by atoms with Crippen molar-refractivity contribution in [3.8, 4) is 5.75 Å². The molecule has 2 amide bonds. The van der Waals surface area contributed by atoms with Gasteiger partial charge in [0.1, 0.15) is 12.4 Å². The van der Waals surface area contributed by atoms with E-state index in [4.69, 9.17) is 27.8 Å². The topological polar surface area (TPSA) is 114 Å². The van der Waals surface area contributed by atoms with Crippen LogP contribution >= 0.6 is 11.6 Å². The molecule has 2 unspecified atom stereocenters. The second-order valence-electron chi connectivity index (χ2n) is 11.2. The van der Waals surface area contributed by atoms with Crippen LogP contribution in [0.3, 0.4) is 0 Å².